The van der Waals surface area contributed by atoms with Crippen LogP contribution in [0.4, 0.5) is 0 Å². The van der Waals surface area contributed by atoms with E-state index in [4.69, 9.17) is 5.21 Å². The van der Waals surface area contributed by atoms with Crippen molar-refractivity contribution in [1.29, 1.82) is 0 Å². The molecule has 0 amide bonds. The molecule has 20 heavy (non-hydrogen) atoms. The predicted octanol–water partition coefficient (Wildman–Crippen LogP) is 2.74. The number of hydrogen-bond acceptors (Lipinski definition) is 4. The second-order valence-electron chi connectivity index (χ2n) is 4.15. The Bertz CT molecular complexity index is 720. The van der Waals surface area contributed by atoms with Crippen molar-refractivity contribution in [2.45, 2.75) is 0 Å². The number of aromatic nitrogens is 3. The molecule has 0 unspecified atom stereocenters. The minimum absolute atomic E-state index is 0.470. The van der Waals surface area contributed by atoms with Gasteiger partial charge in [0.15, 0.2) is 11.6 Å². The molecule has 0 aliphatic rings. The summed E-state index contributed by atoms with van der Waals surface area (Å²) in [5.41, 5.74) is 1.77. The van der Waals surface area contributed by atoms with Crippen LogP contribution in [-0.2, 0) is 0 Å². The summed E-state index contributed by atoms with van der Waals surface area (Å²) in [4.78, 5) is 4.39. The zero-order valence-corrected chi connectivity index (χ0v) is 10.6. The second-order valence-corrected chi connectivity index (χ2v) is 4.15. The van der Waals surface area contributed by atoms with E-state index in [-0.39, 0.29) is 0 Å². The third-order valence-electron chi connectivity index (χ3n) is 2.84. The van der Waals surface area contributed by atoms with Crippen LogP contribution in [0.25, 0.3) is 17.1 Å². The third-order valence-corrected chi connectivity index (χ3v) is 2.84. The minimum atomic E-state index is 0.470. The lowest BCUT2D eigenvalue weighted by molar-refractivity contribution is 0.321. The van der Waals surface area contributed by atoms with Crippen molar-refractivity contribution in [3.63, 3.8) is 0 Å². The van der Waals surface area contributed by atoms with Crippen molar-refractivity contribution < 1.29 is 5.21 Å². The largest absolute Gasteiger partial charge is 0.411 e. The van der Waals surface area contributed by atoms with Gasteiger partial charge in [-0.2, -0.15) is 0 Å². The van der Waals surface area contributed by atoms with Crippen LogP contribution < -0.4 is 0 Å². The van der Waals surface area contributed by atoms with Gasteiger partial charge < -0.3 is 5.21 Å². The lowest BCUT2D eigenvalue weighted by Crippen LogP contribution is -2.01. The van der Waals surface area contributed by atoms with E-state index in [1.807, 2.05) is 60.7 Å². The van der Waals surface area contributed by atoms with E-state index in [9.17, 15) is 0 Å². The van der Waals surface area contributed by atoms with E-state index in [2.05, 4.69) is 15.2 Å². The molecule has 1 N–H and O–H groups in total. The molecule has 0 aliphatic heterocycles. The highest BCUT2D eigenvalue weighted by atomic mass is 16.4. The monoisotopic (exact) mass is 264 g/mol. The first-order chi connectivity index (χ1) is 9.88. The van der Waals surface area contributed by atoms with E-state index in [1.54, 1.807) is 4.68 Å². The smallest absolute Gasteiger partial charge is 0.182 e. The molecule has 0 atom stereocenters. The summed E-state index contributed by atoms with van der Waals surface area (Å²) in [5, 5.41) is 16.3. The van der Waals surface area contributed by atoms with Crippen LogP contribution in [0.1, 0.15) is 5.82 Å². The first kappa shape index (κ1) is 12.1. The molecule has 5 nitrogen and oxygen atoms in total. The summed E-state index contributed by atoms with van der Waals surface area (Å²) in [7, 11) is 0. The summed E-state index contributed by atoms with van der Waals surface area (Å²) >= 11 is 0. The summed E-state index contributed by atoms with van der Waals surface area (Å²) in [6.45, 7) is 0. The van der Waals surface area contributed by atoms with E-state index in [0.717, 1.165) is 11.3 Å². The molecule has 0 saturated carbocycles. The Balaban J connectivity index is 2.13. The Kier molecular flexibility index (Phi) is 3.24. The second kappa shape index (κ2) is 5.36. The van der Waals surface area contributed by atoms with E-state index >= 15 is 0 Å². The lowest BCUT2D eigenvalue weighted by Gasteiger charge is -2.01. The van der Waals surface area contributed by atoms with Gasteiger partial charge in [0.2, 0.25) is 0 Å². The highest BCUT2D eigenvalue weighted by Crippen LogP contribution is 2.17. The normalized spacial score (nSPS) is 11.0. The van der Waals surface area contributed by atoms with Gasteiger partial charge in [-0.1, -0.05) is 53.7 Å². The van der Waals surface area contributed by atoms with Crippen LogP contribution in [0.5, 0.6) is 0 Å². The van der Waals surface area contributed by atoms with Crippen LogP contribution in [0.15, 0.2) is 65.8 Å². The van der Waals surface area contributed by atoms with Gasteiger partial charge in [-0.25, -0.2) is 9.67 Å². The SMILES string of the molecule is O/N=C\c1nc(-c2ccccc2)nn1-c1ccccc1. The summed E-state index contributed by atoms with van der Waals surface area (Å²) in [6.07, 6.45) is 1.27. The molecular formula is C15H12N4O. The van der Waals surface area contributed by atoms with Gasteiger partial charge in [0.1, 0.15) is 6.21 Å². The maximum atomic E-state index is 8.76. The van der Waals surface area contributed by atoms with Gasteiger partial charge in [-0.15, -0.1) is 5.10 Å². The van der Waals surface area contributed by atoms with Gasteiger partial charge in [0.05, 0.1) is 5.69 Å². The fraction of sp³-hybridized carbons (Fsp3) is 0. The van der Waals surface area contributed by atoms with E-state index in [0.29, 0.717) is 11.6 Å². The van der Waals surface area contributed by atoms with Crippen LogP contribution >= 0.6 is 0 Å². The molecule has 0 radical (unpaired) electrons. The number of benzene rings is 2. The van der Waals surface area contributed by atoms with Gasteiger partial charge >= 0.3 is 0 Å². The molecule has 1 heterocycles. The highest BCUT2D eigenvalue weighted by molar-refractivity contribution is 5.76. The van der Waals surface area contributed by atoms with Crippen LogP contribution in [0.2, 0.25) is 0 Å². The lowest BCUT2D eigenvalue weighted by atomic mass is 10.2. The number of oxime groups is 1. The zero-order valence-electron chi connectivity index (χ0n) is 10.6. The van der Waals surface area contributed by atoms with E-state index < -0.39 is 0 Å². The molecule has 3 aromatic rings. The fourth-order valence-electron chi connectivity index (χ4n) is 1.93. The molecular weight excluding hydrogens is 252 g/mol. The zero-order chi connectivity index (χ0) is 13.8. The van der Waals surface area contributed by atoms with Crippen molar-refractivity contribution in [2.24, 2.45) is 5.16 Å². The maximum Gasteiger partial charge on any atom is 0.182 e. The highest BCUT2D eigenvalue weighted by Gasteiger charge is 2.11. The topological polar surface area (TPSA) is 63.3 Å². The number of rotatable bonds is 3. The molecule has 2 aromatic carbocycles. The number of nitrogens with zero attached hydrogens (tertiary/aromatic N) is 4. The van der Waals surface area contributed by atoms with Gasteiger partial charge in [0, 0.05) is 5.56 Å². The Morgan fingerprint density at radius 1 is 0.950 bits per heavy atom. The molecule has 0 bridgehead atoms. The number of para-hydroxylation sites is 1. The first-order valence-electron chi connectivity index (χ1n) is 6.14. The average molecular weight is 264 g/mol. The van der Waals surface area contributed by atoms with Gasteiger partial charge in [-0.05, 0) is 12.1 Å². The summed E-state index contributed by atoms with van der Waals surface area (Å²) in [6, 6.07) is 19.3. The standard InChI is InChI=1S/C15H12N4O/c20-16-11-14-17-15(12-7-3-1-4-8-12)18-19(14)13-9-5-2-6-10-13/h1-11,20H/b16-11-. The van der Waals surface area contributed by atoms with Gasteiger partial charge in [0.25, 0.3) is 0 Å². The molecule has 3 rings (SSSR count). The molecule has 0 aliphatic carbocycles. The Hall–Kier alpha value is -2.95. The maximum absolute atomic E-state index is 8.76. The third kappa shape index (κ3) is 2.29. The number of hydrogen-bond donors (Lipinski definition) is 1. The molecule has 1 aromatic heterocycles. The fourth-order valence-corrected chi connectivity index (χ4v) is 1.93. The van der Waals surface area contributed by atoms with Crippen LogP contribution in [0, 0.1) is 0 Å². The molecule has 0 spiro atoms. The summed E-state index contributed by atoms with van der Waals surface area (Å²) in [5.74, 6) is 1.06. The predicted molar refractivity (Wildman–Crippen MR) is 76.2 cm³/mol. The van der Waals surface area contributed by atoms with Crippen molar-refractivity contribution in [1.82, 2.24) is 14.8 Å². The van der Waals surface area contributed by atoms with E-state index in [1.165, 1.54) is 6.21 Å². The Labute approximate surface area is 115 Å². The molecule has 5 heteroatoms. The quantitative estimate of drug-likeness (QED) is 0.449. The van der Waals surface area contributed by atoms with Crippen LogP contribution in [0.3, 0.4) is 0 Å². The average Bonchev–Trinajstić information content (AvgIpc) is 2.94. The molecule has 98 valence electrons. The summed E-state index contributed by atoms with van der Waals surface area (Å²) < 4.78 is 1.64. The molecule has 0 saturated heterocycles. The Morgan fingerprint density at radius 2 is 1.60 bits per heavy atom. The van der Waals surface area contributed by atoms with Gasteiger partial charge in [-0.3, -0.25) is 0 Å². The van der Waals surface area contributed by atoms with Crippen molar-refractivity contribution >= 4 is 6.21 Å². The Morgan fingerprint density at radius 3 is 2.25 bits per heavy atom. The van der Waals surface area contributed by atoms with Crippen molar-refractivity contribution in [3.05, 3.63) is 66.5 Å². The first-order valence-corrected chi connectivity index (χ1v) is 6.14. The van der Waals surface area contributed by atoms with Crippen molar-refractivity contribution in [2.75, 3.05) is 0 Å². The van der Waals surface area contributed by atoms with Crippen LogP contribution in [-0.4, -0.2) is 26.2 Å². The minimum Gasteiger partial charge on any atom is -0.411 e. The van der Waals surface area contributed by atoms with Crippen molar-refractivity contribution in [3.8, 4) is 17.1 Å². The molecule has 0 fully saturated rings.